The number of hydrogen-bond donors (Lipinski definition) is 2. The largest absolute Gasteiger partial charge is 0.399 e. The van der Waals surface area contributed by atoms with Gasteiger partial charge in [-0.15, -0.1) is 0 Å². The van der Waals surface area contributed by atoms with Gasteiger partial charge < -0.3 is 15.4 Å². The Morgan fingerprint density at radius 2 is 2.10 bits per heavy atom. The standard InChI is InChI=1S/C17H25N3O/c1-10-5-4-6-15(11(10)2)20-16-8-7-13(18)9-14(16)19-17(20)12(3)21/h7-12,15,21H,4-6,18H2,1-3H3. The van der Waals surface area contributed by atoms with Crippen molar-refractivity contribution in [1.29, 1.82) is 0 Å². The quantitative estimate of drug-likeness (QED) is 0.828. The van der Waals surface area contributed by atoms with Gasteiger partial charge in [0.15, 0.2) is 0 Å². The second kappa shape index (κ2) is 5.34. The Balaban J connectivity index is 2.17. The molecule has 1 aromatic heterocycles. The van der Waals surface area contributed by atoms with Gasteiger partial charge in [0, 0.05) is 11.7 Å². The molecule has 0 spiro atoms. The fraction of sp³-hybridized carbons (Fsp3) is 0.588. The highest BCUT2D eigenvalue weighted by Gasteiger charge is 2.31. The van der Waals surface area contributed by atoms with E-state index in [-0.39, 0.29) is 0 Å². The molecule has 4 heteroatoms. The topological polar surface area (TPSA) is 64.1 Å². The zero-order valence-corrected chi connectivity index (χ0v) is 13.1. The van der Waals surface area contributed by atoms with Gasteiger partial charge in [-0.2, -0.15) is 0 Å². The van der Waals surface area contributed by atoms with Crippen LogP contribution in [0, 0.1) is 11.8 Å². The maximum atomic E-state index is 10.1. The zero-order valence-electron chi connectivity index (χ0n) is 13.1. The number of nitrogen functional groups attached to an aromatic ring is 1. The molecule has 1 aliphatic carbocycles. The minimum absolute atomic E-state index is 0.409. The lowest BCUT2D eigenvalue weighted by Gasteiger charge is -2.36. The van der Waals surface area contributed by atoms with Gasteiger partial charge in [0.05, 0.1) is 11.0 Å². The molecule has 1 saturated carbocycles. The Hall–Kier alpha value is -1.55. The molecule has 2 aromatic rings. The first-order chi connectivity index (χ1) is 9.99. The SMILES string of the molecule is CC(O)c1nc2cc(N)ccc2n1C1CCCC(C)C1C. The maximum Gasteiger partial charge on any atom is 0.138 e. The number of aliphatic hydroxyl groups is 1. The Bertz CT molecular complexity index is 647. The van der Waals surface area contributed by atoms with Crippen LogP contribution in [0.3, 0.4) is 0 Å². The van der Waals surface area contributed by atoms with E-state index in [9.17, 15) is 5.11 Å². The minimum atomic E-state index is -0.567. The van der Waals surface area contributed by atoms with Crippen molar-refractivity contribution in [2.24, 2.45) is 11.8 Å². The molecule has 21 heavy (non-hydrogen) atoms. The number of nitrogens with two attached hydrogens (primary N) is 1. The number of hydrogen-bond acceptors (Lipinski definition) is 3. The molecule has 0 amide bonds. The van der Waals surface area contributed by atoms with E-state index >= 15 is 0 Å². The number of aromatic nitrogens is 2. The first-order valence-corrected chi connectivity index (χ1v) is 7.94. The lowest BCUT2D eigenvalue weighted by Crippen LogP contribution is -2.28. The van der Waals surface area contributed by atoms with Crippen molar-refractivity contribution < 1.29 is 5.11 Å². The van der Waals surface area contributed by atoms with Crippen molar-refractivity contribution in [2.45, 2.75) is 52.2 Å². The molecule has 0 saturated heterocycles. The van der Waals surface area contributed by atoms with Gasteiger partial charge in [0.1, 0.15) is 11.9 Å². The summed E-state index contributed by atoms with van der Waals surface area (Å²) in [5.41, 5.74) is 8.57. The molecule has 4 atom stereocenters. The fourth-order valence-electron chi connectivity index (χ4n) is 3.70. The molecule has 4 unspecified atom stereocenters. The number of aliphatic hydroxyl groups excluding tert-OH is 1. The zero-order chi connectivity index (χ0) is 15.1. The third-order valence-electron chi connectivity index (χ3n) is 5.11. The predicted octanol–water partition coefficient (Wildman–Crippen LogP) is 3.67. The number of anilines is 1. The molecule has 1 aromatic carbocycles. The van der Waals surface area contributed by atoms with Crippen LogP contribution in [-0.4, -0.2) is 14.7 Å². The number of imidazole rings is 1. The normalized spacial score (nSPS) is 27.9. The first-order valence-electron chi connectivity index (χ1n) is 7.94. The molecular formula is C17H25N3O. The molecule has 0 bridgehead atoms. The number of fused-ring (bicyclic) bond motifs is 1. The molecule has 0 radical (unpaired) electrons. The lowest BCUT2D eigenvalue weighted by molar-refractivity contribution is 0.152. The number of rotatable bonds is 2. The van der Waals surface area contributed by atoms with Gasteiger partial charge in [0.25, 0.3) is 0 Å². The average molecular weight is 287 g/mol. The Morgan fingerprint density at radius 1 is 1.33 bits per heavy atom. The third kappa shape index (κ3) is 2.42. The van der Waals surface area contributed by atoms with E-state index < -0.39 is 6.10 Å². The fourth-order valence-corrected chi connectivity index (χ4v) is 3.70. The van der Waals surface area contributed by atoms with Crippen LogP contribution in [0.4, 0.5) is 5.69 Å². The highest BCUT2D eigenvalue weighted by Crippen LogP contribution is 2.40. The smallest absolute Gasteiger partial charge is 0.138 e. The van der Waals surface area contributed by atoms with E-state index in [1.807, 2.05) is 18.2 Å². The van der Waals surface area contributed by atoms with Crippen molar-refractivity contribution in [3.05, 3.63) is 24.0 Å². The van der Waals surface area contributed by atoms with E-state index in [1.165, 1.54) is 12.8 Å². The summed E-state index contributed by atoms with van der Waals surface area (Å²) in [5.74, 6) is 2.06. The van der Waals surface area contributed by atoms with Crippen LogP contribution in [0.1, 0.15) is 58.0 Å². The molecule has 1 heterocycles. The third-order valence-corrected chi connectivity index (χ3v) is 5.11. The van der Waals surface area contributed by atoms with Crippen LogP contribution in [0.2, 0.25) is 0 Å². The van der Waals surface area contributed by atoms with E-state index in [0.29, 0.717) is 23.6 Å². The van der Waals surface area contributed by atoms with Gasteiger partial charge in [-0.25, -0.2) is 4.98 Å². The molecule has 0 aliphatic heterocycles. The molecular weight excluding hydrogens is 262 g/mol. The Labute approximate surface area is 126 Å². The summed E-state index contributed by atoms with van der Waals surface area (Å²) in [6.07, 6.45) is 3.12. The van der Waals surface area contributed by atoms with Gasteiger partial charge in [-0.3, -0.25) is 0 Å². The summed E-state index contributed by atoms with van der Waals surface area (Å²) < 4.78 is 2.26. The lowest BCUT2D eigenvalue weighted by atomic mass is 9.77. The second-order valence-corrected chi connectivity index (χ2v) is 6.60. The van der Waals surface area contributed by atoms with Crippen LogP contribution in [-0.2, 0) is 0 Å². The minimum Gasteiger partial charge on any atom is -0.399 e. The summed E-state index contributed by atoms with van der Waals surface area (Å²) in [6.45, 7) is 6.44. The molecule has 4 nitrogen and oxygen atoms in total. The molecule has 3 N–H and O–H groups in total. The summed E-state index contributed by atoms with van der Waals surface area (Å²) in [4.78, 5) is 4.64. The highest BCUT2D eigenvalue weighted by molar-refractivity contribution is 5.80. The first kappa shape index (κ1) is 14.4. The van der Waals surface area contributed by atoms with Crippen LogP contribution in [0.15, 0.2) is 18.2 Å². The summed E-state index contributed by atoms with van der Waals surface area (Å²) in [6, 6.07) is 6.26. The summed E-state index contributed by atoms with van der Waals surface area (Å²) >= 11 is 0. The molecule has 1 fully saturated rings. The molecule has 1 aliphatic rings. The van der Waals surface area contributed by atoms with Crippen LogP contribution < -0.4 is 5.73 Å². The van der Waals surface area contributed by atoms with Crippen molar-refractivity contribution >= 4 is 16.7 Å². The van der Waals surface area contributed by atoms with Crippen molar-refractivity contribution in [2.75, 3.05) is 5.73 Å². The van der Waals surface area contributed by atoms with Gasteiger partial charge in [0.2, 0.25) is 0 Å². The Kier molecular flexibility index (Phi) is 3.66. The second-order valence-electron chi connectivity index (χ2n) is 6.60. The highest BCUT2D eigenvalue weighted by atomic mass is 16.3. The van der Waals surface area contributed by atoms with Gasteiger partial charge in [-0.05, 0) is 43.4 Å². The summed E-state index contributed by atoms with van der Waals surface area (Å²) in [5, 5.41) is 10.1. The van der Waals surface area contributed by atoms with Crippen molar-refractivity contribution in [1.82, 2.24) is 9.55 Å². The predicted molar refractivity (Wildman–Crippen MR) is 86.0 cm³/mol. The van der Waals surface area contributed by atoms with E-state index in [4.69, 9.17) is 5.73 Å². The van der Waals surface area contributed by atoms with E-state index in [1.54, 1.807) is 6.92 Å². The van der Waals surface area contributed by atoms with Gasteiger partial charge >= 0.3 is 0 Å². The van der Waals surface area contributed by atoms with Crippen molar-refractivity contribution in [3.8, 4) is 0 Å². The molecule has 114 valence electrons. The molecule has 3 rings (SSSR count). The van der Waals surface area contributed by atoms with Crippen LogP contribution in [0.25, 0.3) is 11.0 Å². The van der Waals surface area contributed by atoms with Crippen molar-refractivity contribution in [3.63, 3.8) is 0 Å². The van der Waals surface area contributed by atoms with Crippen LogP contribution >= 0.6 is 0 Å². The van der Waals surface area contributed by atoms with Crippen LogP contribution in [0.5, 0.6) is 0 Å². The maximum absolute atomic E-state index is 10.1. The monoisotopic (exact) mass is 287 g/mol. The number of nitrogens with zero attached hydrogens (tertiary/aromatic N) is 2. The van der Waals surface area contributed by atoms with Gasteiger partial charge in [-0.1, -0.05) is 26.7 Å². The summed E-state index contributed by atoms with van der Waals surface area (Å²) in [7, 11) is 0. The van der Waals surface area contributed by atoms with E-state index in [0.717, 1.165) is 23.3 Å². The number of benzene rings is 1. The van der Waals surface area contributed by atoms with E-state index in [2.05, 4.69) is 23.4 Å². The Morgan fingerprint density at radius 3 is 2.81 bits per heavy atom. The average Bonchev–Trinajstić information content (AvgIpc) is 2.80.